The summed E-state index contributed by atoms with van der Waals surface area (Å²) in [5, 5.41) is 3.04. The predicted octanol–water partition coefficient (Wildman–Crippen LogP) is 3.80. The number of carbonyl (C=O) groups is 1. The van der Waals surface area contributed by atoms with Gasteiger partial charge in [-0.25, -0.2) is 9.18 Å². The van der Waals surface area contributed by atoms with Gasteiger partial charge < -0.3 is 15.0 Å². The number of nitrogens with one attached hydrogen (secondary N) is 1. The summed E-state index contributed by atoms with van der Waals surface area (Å²) in [7, 11) is 1.64. The van der Waals surface area contributed by atoms with E-state index in [9.17, 15) is 9.18 Å². The molecule has 2 amide bonds. The SMILES string of the molecule is COc1ccc2c(c1)CN(C(=O)NC(C)Cc1ccc(F)cc1C)C2. The Bertz CT molecular complexity index is 791. The minimum atomic E-state index is -0.233. The van der Waals surface area contributed by atoms with Crippen LogP contribution >= 0.6 is 0 Å². The van der Waals surface area contributed by atoms with Crippen LogP contribution in [-0.2, 0) is 19.5 Å². The quantitative estimate of drug-likeness (QED) is 0.918. The largest absolute Gasteiger partial charge is 0.497 e. The van der Waals surface area contributed by atoms with Crippen LogP contribution < -0.4 is 10.1 Å². The lowest BCUT2D eigenvalue weighted by Gasteiger charge is -2.21. The zero-order valence-corrected chi connectivity index (χ0v) is 14.8. The Morgan fingerprint density at radius 3 is 2.72 bits per heavy atom. The van der Waals surface area contributed by atoms with Gasteiger partial charge in [0.05, 0.1) is 7.11 Å². The van der Waals surface area contributed by atoms with E-state index in [0.717, 1.165) is 28.0 Å². The summed E-state index contributed by atoms with van der Waals surface area (Å²) < 4.78 is 18.4. The maximum absolute atomic E-state index is 13.2. The van der Waals surface area contributed by atoms with Crippen LogP contribution in [0.15, 0.2) is 36.4 Å². The summed E-state index contributed by atoms with van der Waals surface area (Å²) in [4.78, 5) is 14.3. The molecule has 0 aromatic heterocycles. The van der Waals surface area contributed by atoms with Gasteiger partial charge in [-0.1, -0.05) is 12.1 Å². The smallest absolute Gasteiger partial charge is 0.318 e. The number of aryl methyl sites for hydroxylation is 1. The molecule has 1 N–H and O–H groups in total. The third-order valence-electron chi connectivity index (χ3n) is 4.62. The second-order valence-corrected chi connectivity index (χ2v) is 6.62. The molecular weight excluding hydrogens is 319 g/mol. The first-order chi connectivity index (χ1) is 12.0. The van der Waals surface area contributed by atoms with Crippen molar-refractivity contribution in [2.24, 2.45) is 0 Å². The van der Waals surface area contributed by atoms with Crippen molar-refractivity contribution in [1.29, 1.82) is 0 Å². The highest BCUT2D eigenvalue weighted by Gasteiger charge is 2.24. The molecule has 0 bridgehead atoms. The van der Waals surface area contributed by atoms with Gasteiger partial charge in [0.25, 0.3) is 0 Å². The summed E-state index contributed by atoms with van der Waals surface area (Å²) in [6.45, 7) is 5.04. The molecule has 1 unspecified atom stereocenters. The Kier molecular flexibility index (Phi) is 4.93. The summed E-state index contributed by atoms with van der Waals surface area (Å²) in [5.41, 5.74) is 4.22. The van der Waals surface area contributed by atoms with Crippen molar-refractivity contribution >= 4 is 6.03 Å². The highest BCUT2D eigenvalue weighted by molar-refractivity contribution is 5.75. The Hall–Kier alpha value is -2.56. The number of fused-ring (bicyclic) bond motifs is 1. The van der Waals surface area contributed by atoms with Crippen molar-refractivity contribution in [3.8, 4) is 5.75 Å². The number of urea groups is 1. The van der Waals surface area contributed by atoms with E-state index >= 15 is 0 Å². The van der Waals surface area contributed by atoms with Gasteiger partial charge in [0.2, 0.25) is 0 Å². The standard InChI is InChI=1S/C20H23FN2O2/c1-13-8-18(21)6-4-15(13)9-14(2)22-20(24)23-11-16-5-7-19(25-3)10-17(16)12-23/h4-8,10,14H,9,11-12H2,1-3H3,(H,22,24). The van der Waals surface area contributed by atoms with Gasteiger partial charge >= 0.3 is 6.03 Å². The molecule has 1 aliphatic rings. The second-order valence-electron chi connectivity index (χ2n) is 6.62. The third kappa shape index (κ3) is 3.92. The van der Waals surface area contributed by atoms with Crippen molar-refractivity contribution < 1.29 is 13.9 Å². The number of methoxy groups -OCH3 is 1. The number of ether oxygens (including phenoxy) is 1. The molecule has 2 aromatic rings. The highest BCUT2D eigenvalue weighted by atomic mass is 19.1. The highest BCUT2D eigenvalue weighted by Crippen LogP contribution is 2.26. The molecule has 132 valence electrons. The zero-order valence-electron chi connectivity index (χ0n) is 14.8. The minimum Gasteiger partial charge on any atom is -0.497 e. The van der Waals surface area contributed by atoms with Gasteiger partial charge in [0.15, 0.2) is 0 Å². The van der Waals surface area contributed by atoms with Crippen LogP contribution in [0, 0.1) is 12.7 Å². The van der Waals surface area contributed by atoms with Crippen LogP contribution in [-0.4, -0.2) is 24.1 Å². The first-order valence-electron chi connectivity index (χ1n) is 8.42. The summed E-state index contributed by atoms with van der Waals surface area (Å²) >= 11 is 0. The van der Waals surface area contributed by atoms with Crippen LogP contribution in [0.2, 0.25) is 0 Å². The number of hydrogen-bond donors (Lipinski definition) is 1. The lowest BCUT2D eigenvalue weighted by atomic mass is 10.0. The van der Waals surface area contributed by atoms with Crippen LogP contribution in [0.4, 0.5) is 9.18 Å². The van der Waals surface area contributed by atoms with E-state index < -0.39 is 0 Å². The molecule has 4 nitrogen and oxygen atoms in total. The molecular formula is C20H23FN2O2. The maximum atomic E-state index is 13.2. The lowest BCUT2D eigenvalue weighted by molar-refractivity contribution is 0.195. The normalized spacial score (nSPS) is 14.2. The molecule has 5 heteroatoms. The van der Waals surface area contributed by atoms with E-state index in [0.29, 0.717) is 19.5 Å². The molecule has 1 aliphatic heterocycles. The molecule has 0 fully saturated rings. The van der Waals surface area contributed by atoms with E-state index in [1.165, 1.54) is 12.1 Å². The fraction of sp³-hybridized carbons (Fsp3) is 0.350. The Morgan fingerprint density at radius 1 is 1.24 bits per heavy atom. The number of rotatable bonds is 4. The van der Waals surface area contributed by atoms with Gasteiger partial charge in [-0.2, -0.15) is 0 Å². The molecule has 0 radical (unpaired) electrons. The molecule has 1 atom stereocenters. The van der Waals surface area contributed by atoms with E-state index in [1.807, 2.05) is 32.0 Å². The average molecular weight is 342 g/mol. The first-order valence-corrected chi connectivity index (χ1v) is 8.42. The molecule has 25 heavy (non-hydrogen) atoms. The fourth-order valence-corrected chi connectivity index (χ4v) is 3.21. The van der Waals surface area contributed by atoms with Crippen molar-refractivity contribution in [3.63, 3.8) is 0 Å². The number of benzene rings is 2. The van der Waals surface area contributed by atoms with Crippen LogP contribution in [0.3, 0.4) is 0 Å². The van der Waals surface area contributed by atoms with Crippen LogP contribution in [0.5, 0.6) is 5.75 Å². The maximum Gasteiger partial charge on any atom is 0.318 e. The van der Waals surface area contributed by atoms with Gasteiger partial charge in [0.1, 0.15) is 11.6 Å². The van der Waals surface area contributed by atoms with Gasteiger partial charge in [0, 0.05) is 19.1 Å². The predicted molar refractivity (Wildman–Crippen MR) is 95.1 cm³/mol. The van der Waals surface area contributed by atoms with Crippen molar-refractivity contribution in [2.45, 2.75) is 39.4 Å². The molecule has 3 rings (SSSR count). The number of amides is 2. The van der Waals surface area contributed by atoms with Crippen molar-refractivity contribution in [1.82, 2.24) is 10.2 Å². The third-order valence-corrected chi connectivity index (χ3v) is 4.62. The average Bonchev–Trinajstić information content (AvgIpc) is 3.00. The van der Waals surface area contributed by atoms with Gasteiger partial charge in [-0.15, -0.1) is 0 Å². The van der Waals surface area contributed by atoms with E-state index in [4.69, 9.17) is 4.74 Å². The van der Waals surface area contributed by atoms with E-state index in [2.05, 4.69) is 5.32 Å². The summed E-state index contributed by atoms with van der Waals surface area (Å²) in [5.74, 6) is 0.573. The number of hydrogen-bond acceptors (Lipinski definition) is 2. The second kappa shape index (κ2) is 7.13. The minimum absolute atomic E-state index is 0.0325. The number of halogens is 1. The van der Waals surface area contributed by atoms with Gasteiger partial charge in [-0.05, 0) is 66.8 Å². The molecule has 0 saturated heterocycles. The fourth-order valence-electron chi connectivity index (χ4n) is 3.21. The lowest BCUT2D eigenvalue weighted by Crippen LogP contribution is -2.42. The van der Waals surface area contributed by atoms with Crippen LogP contribution in [0.1, 0.15) is 29.2 Å². The molecule has 1 heterocycles. The molecule has 0 saturated carbocycles. The Morgan fingerprint density at radius 2 is 2.00 bits per heavy atom. The Balaban J connectivity index is 1.59. The molecule has 0 aliphatic carbocycles. The van der Waals surface area contributed by atoms with E-state index in [1.54, 1.807) is 18.1 Å². The van der Waals surface area contributed by atoms with Crippen molar-refractivity contribution in [2.75, 3.05) is 7.11 Å². The Labute approximate surface area is 147 Å². The number of carbonyl (C=O) groups excluding carboxylic acids is 1. The first kappa shape index (κ1) is 17.3. The molecule has 0 spiro atoms. The molecule has 2 aromatic carbocycles. The van der Waals surface area contributed by atoms with E-state index in [-0.39, 0.29) is 17.9 Å². The monoisotopic (exact) mass is 342 g/mol. The number of nitrogens with zero attached hydrogens (tertiary/aromatic N) is 1. The zero-order chi connectivity index (χ0) is 18.0. The summed E-state index contributed by atoms with van der Waals surface area (Å²) in [6, 6.07) is 10.6. The topological polar surface area (TPSA) is 41.6 Å². The van der Waals surface area contributed by atoms with Crippen LogP contribution in [0.25, 0.3) is 0 Å². The summed E-state index contributed by atoms with van der Waals surface area (Å²) in [6.07, 6.45) is 0.673. The van der Waals surface area contributed by atoms with Crippen molar-refractivity contribution in [3.05, 3.63) is 64.5 Å². The van der Waals surface area contributed by atoms with Gasteiger partial charge in [-0.3, -0.25) is 0 Å².